The first-order chi connectivity index (χ1) is 7.27. The predicted molar refractivity (Wildman–Crippen MR) is 55.6 cm³/mol. The van der Waals surface area contributed by atoms with Gasteiger partial charge in [0.2, 0.25) is 0 Å². The van der Waals surface area contributed by atoms with Gasteiger partial charge in [0.25, 0.3) is 0 Å². The molecule has 0 spiro atoms. The average molecular weight is 212 g/mol. The molecule has 0 radical (unpaired) electrons. The summed E-state index contributed by atoms with van der Waals surface area (Å²) < 4.78 is 10.1. The molecule has 1 rings (SSSR count). The summed E-state index contributed by atoms with van der Waals surface area (Å²) in [5.74, 6) is 0.718. The van der Waals surface area contributed by atoms with E-state index in [2.05, 4.69) is 0 Å². The standard InChI is InChI=1S/C11H16O4/c1-14-11(13)9-3-5-10(6-4-9)15-8-2-7-12/h3-6,11-13H,2,7-8H2,1H3/t11-/m1/s1. The number of aliphatic hydroxyl groups is 2. The molecule has 0 saturated carbocycles. The fourth-order valence-corrected chi connectivity index (χ4v) is 1.12. The van der Waals surface area contributed by atoms with Crippen LogP contribution >= 0.6 is 0 Å². The molecule has 15 heavy (non-hydrogen) atoms. The molecule has 1 atom stereocenters. The fraction of sp³-hybridized carbons (Fsp3) is 0.455. The van der Waals surface area contributed by atoms with Crippen molar-refractivity contribution in [3.63, 3.8) is 0 Å². The van der Waals surface area contributed by atoms with Crippen molar-refractivity contribution >= 4 is 0 Å². The van der Waals surface area contributed by atoms with Crippen molar-refractivity contribution in [2.24, 2.45) is 0 Å². The van der Waals surface area contributed by atoms with E-state index < -0.39 is 6.29 Å². The number of hydrogen-bond donors (Lipinski definition) is 2. The summed E-state index contributed by atoms with van der Waals surface area (Å²) in [6.45, 7) is 0.614. The minimum absolute atomic E-state index is 0.125. The highest BCUT2D eigenvalue weighted by atomic mass is 16.6. The van der Waals surface area contributed by atoms with Gasteiger partial charge in [-0.15, -0.1) is 0 Å². The Morgan fingerprint density at radius 1 is 1.27 bits per heavy atom. The molecule has 0 fully saturated rings. The van der Waals surface area contributed by atoms with Crippen molar-refractivity contribution in [1.82, 2.24) is 0 Å². The zero-order chi connectivity index (χ0) is 11.1. The summed E-state index contributed by atoms with van der Waals surface area (Å²) in [6, 6.07) is 6.99. The van der Waals surface area contributed by atoms with E-state index in [1.165, 1.54) is 7.11 Å². The van der Waals surface area contributed by atoms with E-state index in [4.69, 9.17) is 14.6 Å². The van der Waals surface area contributed by atoms with Gasteiger partial charge in [0.05, 0.1) is 6.61 Å². The van der Waals surface area contributed by atoms with E-state index in [0.29, 0.717) is 18.6 Å². The van der Waals surface area contributed by atoms with Crippen molar-refractivity contribution in [3.05, 3.63) is 29.8 Å². The molecule has 0 saturated heterocycles. The highest BCUT2D eigenvalue weighted by molar-refractivity contribution is 5.27. The maximum Gasteiger partial charge on any atom is 0.180 e. The second-order valence-electron chi connectivity index (χ2n) is 3.08. The van der Waals surface area contributed by atoms with Gasteiger partial charge in [-0.1, -0.05) is 12.1 Å². The first-order valence-corrected chi connectivity index (χ1v) is 4.82. The highest BCUT2D eigenvalue weighted by Crippen LogP contribution is 2.17. The Labute approximate surface area is 89.1 Å². The van der Waals surface area contributed by atoms with Crippen molar-refractivity contribution in [3.8, 4) is 5.75 Å². The van der Waals surface area contributed by atoms with Crippen LogP contribution in [0.2, 0.25) is 0 Å². The molecule has 1 aromatic rings. The van der Waals surface area contributed by atoms with Gasteiger partial charge in [0, 0.05) is 25.7 Å². The Kier molecular flexibility index (Phi) is 5.10. The number of methoxy groups -OCH3 is 1. The van der Waals surface area contributed by atoms with Gasteiger partial charge < -0.3 is 19.7 Å². The number of aliphatic hydroxyl groups excluding tert-OH is 2. The molecule has 0 amide bonds. The number of benzene rings is 1. The summed E-state index contributed by atoms with van der Waals surface area (Å²) in [7, 11) is 1.44. The van der Waals surface area contributed by atoms with Crippen LogP contribution in [0.25, 0.3) is 0 Å². The number of rotatable bonds is 6. The molecule has 84 valence electrons. The Morgan fingerprint density at radius 3 is 2.47 bits per heavy atom. The number of ether oxygens (including phenoxy) is 2. The first-order valence-electron chi connectivity index (χ1n) is 4.82. The van der Waals surface area contributed by atoms with Crippen molar-refractivity contribution in [2.75, 3.05) is 20.3 Å². The van der Waals surface area contributed by atoms with Gasteiger partial charge in [0.15, 0.2) is 6.29 Å². The molecule has 0 aliphatic rings. The van der Waals surface area contributed by atoms with Crippen LogP contribution in [0.15, 0.2) is 24.3 Å². The predicted octanol–water partition coefficient (Wildman–Crippen LogP) is 1.09. The second-order valence-corrected chi connectivity index (χ2v) is 3.08. The largest absolute Gasteiger partial charge is 0.494 e. The van der Waals surface area contributed by atoms with Gasteiger partial charge in [0.1, 0.15) is 5.75 Å². The third-order valence-electron chi connectivity index (χ3n) is 1.96. The summed E-state index contributed by atoms with van der Waals surface area (Å²) in [5, 5.41) is 17.9. The molecule has 0 aliphatic heterocycles. The summed E-state index contributed by atoms with van der Waals surface area (Å²) in [6.07, 6.45) is -0.279. The quantitative estimate of drug-likeness (QED) is 0.547. The number of hydrogen-bond acceptors (Lipinski definition) is 4. The summed E-state index contributed by atoms with van der Waals surface area (Å²) in [5.41, 5.74) is 0.687. The normalized spacial score (nSPS) is 12.5. The van der Waals surface area contributed by atoms with Crippen LogP contribution in [-0.4, -0.2) is 30.5 Å². The van der Waals surface area contributed by atoms with Gasteiger partial charge in [-0.2, -0.15) is 0 Å². The van der Waals surface area contributed by atoms with E-state index >= 15 is 0 Å². The summed E-state index contributed by atoms with van der Waals surface area (Å²) >= 11 is 0. The van der Waals surface area contributed by atoms with Crippen LogP contribution in [-0.2, 0) is 4.74 Å². The zero-order valence-electron chi connectivity index (χ0n) is 8.72. The van der Waals surface area contributed by atoms with Gasteiger partial charge in [-0.05, 0) is 12.1 Å². The van der Waals surface area contributed by atoms with Crippen LogP contribution in [0.5, 0.6) is 5.75 Å². The molecule has 4 nitrogen and oxygen atoms in total. The topological polar surface area (TPSA) is 58.9 Å². The van der Waals surface area contributed by atoms with Crippen LogP contribution in [0.4, 0.5) is 0 Å². The molecule has 2 N–H and O–H groups in total. The van der Waals surface area contributed by atoms with Gasteiger partial charge in [-0.25, -0.2) is 0 Å². The van der Waals surface area contributed by atoms with E-state index in [-0.39, 0.29) is 6.61 Å². The SMILES string of the molecule is CO[C@@H](O)c1ccc(OCCCO)cc1. The Bertz CT molecular complexity index is 270. The first kappa shape index (κ1) is 12.0. The van der Waals surface area contributed by atoms with Crippen LogP contribution in [0, 0.1) is 0 Å². The molecule has 1 aromatic carbocycles. The maximum absolute atomic E-state index is 9.34. The van der Waals surface area contributed by atoms with E-state index in [1.807, 2.05) is 0 Å². The van der Waals surface area contributed by atoms with Crippen LogP contribution in [0.3, 0.4) is 0 Å². The van der Waals surface area contributed by atoms with E-state index in [1.54, 1.807) is 24.3 Å². The highest BCUT2D eigenvalue weighted by Gasteiger charge is 2.04. The summed E-state index contributed by atoms with van der Waals surface area (Å²) in [4.78, 5) is 0. The third kappa shape index (κ3) is 3.87. The maximum atomic E-state index is 9.34. The van der Waals surface area contributed by atoms with E-state index in [0.717, 1.165) is 5.75 Å². The molecule has 0 unspecified atom stereocenters. The molecule has 0 aromatic heterocycles. The van der Waals surface area contributed by atoms with Crippen LogP contribution in [0.1, 0.15) is 18.3 Å². The second kappa shape index (κ2) is 6.40. The molecule has 0 bridgehead atoms. The molecular formula is C11H16O4. The van der Waals surface area contributed by atoms with Crippen molar-refractivity contribution in [2.45, 2.75) is 12.7 Å². The molecule has 0 aliphatic carbocycles. The lowest BCUT2D eigenvalue weighted by Crippen LogP contribution is -2.01. The third-order valence-corrected chi connectivity index (χ3v) is 1.96. The average Bonchev–Trinajstić information content (AvgIpc) is 2.29. The van der Waals surface area contributed by atoms with Crippen molar-refractivity contribution in [1.29, 1.82) is 0 Å². The van der Waals surface area contributed by atoms with Gasteiger partial charge >= 0.3 is 0 Å². The lowest BCUT2D eigenvalue weighted by atomic mass is 10.2. The Hall–Kier alpha value is -1.10. The molecule has 4 heteroatoms. The van der Waals surface area contributed by atoms with Gasteiger partial charge in [-0.3, -0.25) is 0 Å². The minimum atomic E-state index is -0.892. The fourth-order valence-electron chi connectivity index (χ4n) is 1.12. The van der Waals surface area contributed by atoms with Crippen LogP contribution < -0.4 is 4.74 Å². The lowest BCUT2D eigenvalue weighted by Gasteiger charge is -2.10. The molecular weight excluding hydrogens is 196 g/mol. The van der Waals surface area contributed by atoms with Crippen molar-refractivity contribution < 1.29 is 19.7 Å². The lowest BCUT2D eigenvalue weighted by molar-refractivity contribution is -0.0769. The minimum Gasteiger partial charge on any atom is -0.494 e. The zero-order valence-corrected chi connectivity index (χ0v) is 8.72. The van der Waals surface area contributed by atoms with E-state index in [9.17, 15) is 5.11 Å². The molecule has 0 heterocycles. The smallest absolute Gasteiger partial charge is 0.180 e. The monoisotopic (exact) mass is 212 g/mol. The Balaban J connectivity index is 2.49. The Morgan fingerprint density at radius 2 is 1.93 bits per heavy atom.